The highest BCUT2D eigenvalue weighted by Crippen LogP contribution is 2.17. The quantitative estimate of drug-likeness (QED) is 0.681. The Morgan fingerprint density at radius 3 is 2.22 bits per heavy atom. The zero-order chi connectivity index (χ0) is 20.1. The van der Waals surface area contributed by atoms with Crippen LogP contribution in [0, 0.1) is 0 Å². The number of hydrogen-bond acceptors (Lipinski definition) is 5. The molecular weight excluding hydrogens is 368 g/mol. The first-order valence-corrected chi connectivity index (χ1v) is 10.4. The molecule has 3 N–H and O–H groups in total. The van der Waals surface area contributed by atoms with Crippen LogP contribution in [0.15, 0.2) is 35.2 Å². The van der Waals surface area contributed by atoms with Crippen LogP contribution >= 0.6 is 0 Å². The van der Waals surface area contributed by atoms with Crippen molar-refractivity contribution in [2.45, 2.75) is 37.1 Å². The summed E-state index contributed by atoms with van der Waals surface area (Å²) >= 11 is 0. The Morgan fingerprint density at radius 2 is 1.67 bits per heavy atom. The molecule has 9 heteroatoms. The minimum Gasteiger partial charge on any atom is -0.354 e. The summed E-state index contributed by atoms with van der Waals surface area (Å²) < 4.78 is 26.6. The lowest BCUT2D eigenvalue weighted by Crippen LogP contribution is -2.50. The summed E-state index contributed by atoms with van der Waals surface area (Å²) in [5.41, 5.74) is 5.30. The molecular formula is C18H28N4O4S. The molecule has 0 saturated carbocycles. The van der Waals surface area contributed by atoms with E-state index in [0.717, 1.165) is 0 Å². The molecule has 1 fully saturated rings. The van der Waals surface area contributed by atoms with Crippen LogP contribution in [-0.4, -0.2) is 67.7 Å². The van der Waals surface area contributed by atoms with Gasteiger partial charge in [-0.15, -0.1) is 0 Å². The highest BCUT2D eigenvalue weighted by atomic mass is 32.2. The normalized spacial score (nSPS) is 16.2. The average Bonchev–Trinajstić information content (AvgIpc) is 2.64. The number of benzene rings is 1. The van der Waals surface area contributed by atoms with Crippen molar-refractivity contribution in [3.8, 4) is 0 Å². The Labute approximate surface area is 160 Å². The van der Waals surface area contributed by atoms with Gasteiger partial charge >= 0.3 is 0 Å². The van der Waals surface area contributed by atoms with Crippen molar-refractivity contribution in [1.29, 1.82) is 0 Å². The van der Waals surface area contributed by atoms with Crippen molar-refractivity contribution in [3.05, 3.63) is 30.3 Å². The number of rotatable bonds is 7. The van der Waals surface area contributed by atoms with Gasteiger partial charge in [0.1, 0.15) is 0 Å². The fraction of sp³-hybridized carbons (Fsp3) is 0.556. The van der Waals surface area contributed by atoms with Crippen LogP contribution in [0.25, 0.3) is 0 Å². The molecule has 8 nitrogen and oxygen atoms in total. The number of nitrogens with zero attached hydrogens (tertiary/aromatic N) is 2. The van der Waals surface area contributed by atoms with Crippen molar-refractivity contribution in [2.24, 2.45) is 5.73 Å². The lowest BCUT2D eigenvalue weighted by molar-refractivity contribution is -0.134. The molecule has 0 aromatic heterocycles. The molecule has 27 heavy (non-hydrogen) atoms. The second-order valence-electron chi connectivity index (χ2n) is 7.36. The highest BCUT2D eigenvalue weighted by molar-refractivity contribution is 7.89. The molecule has 1 aromatic carbocycles. The van der Waals surface area contributed by atoms with E-state index in [-0.39, 0.29) is 42.6 Å². The Balaban J connectivity index is 1.80. The molecule has 2 amide bonds. The number of piperazine rings is 1. The summed E-state index contributed by atoms with van der Waals surface area (Å²) in [6, 6.07) is 8.26. The lowest BCUT2D eigenvalue weighted by atomic mass is 10.1. The van der Waals surface area contributed by atoms with Crippen molar-refractivity contribution in [3.63, 3.8) is 0 Å². The van der Waals surface area contributed by atoms with Gasteiger partial charge in [-0.1, -0.05) is 18.2 Å². The second-order valence-corrected chi connectivity index (χ2v) is 9.30. The molecule has 1 heterocycles. The lowest BCUT2D eigenvalue weighted by Gasteiger charge is -2.34. The zero-order valence-electron chi connectivity index (χ0n) is 15.8. The third kappa shape index (κ3) is 6.30. The van der Waals surface area contributed by atoms with E-state index in [1.807, 2.05) is 0 Å². The Hall–Kier alpha value is -1.97. The Bertz CT molecular complexity index is 751. The summed E-state index contributed by atoms with van der Waals surface area (Å²) in [7, 11) is -3.54. The number of sulfonamides is 1. The van der Waals surface area contributed by atoms with Crippen LogP contribution < -0.4 is 11.1 Å². The number of amides is 2. The van der Waals surface area contributed by atoms with Gasteiger partial charge in [-0.25, -0.2) is 8.42 Å². The van der Waals surface area contributed by atoms with Crippen LogP contribution in [0.1, 0.15) is 26.7 Å². The predicted octanol–water partition coefficient (Wildman–Crippen LogP) is 0.153. The highest BCUT2D eigenvalue weighted by Gasteiger charge is 2.30. The molecule has 150 valence electrons. The van der Waals surface area contributed by atoms with Gasteiger partial charge in [0.2, 0.25) is 21.8 Å². The van der Waals surface area contributed by atoms with E-state index in [0.29, 0.717) is 19.6 Å². The summed E-state index contributed by atoms with van der Waals surface area (Å²) in [5.74, 6) is -0.360. The van der Waals surface area contributed by atoms with Crippen molar-refractivity contribution in [2.75, 3.05) is 32.7 Å². The number of nitrogens with one attached hydrogen (secondary N) is 1. The van der Waals surface area contributed by atoms with E-state index in [9.17, 15) is 18.0 Å². The topological polar surface area (TPSA) is 113 Å². The molecule has 2 rings (SSSR count). The molecule has 0 atom stereocenters. The summed E-state index contributed by atoms with van der Waals surface area (Å²) in [4.78, 5) is 25.9. The fourth-order valence-electron chi connectivity index (χ4n) is 2.71. The minimum absolute atomic E-state index is 0.0947. The number of carbonyl (C=O) groups excluding carboxylic acids is 2. The monoisotopic (exact) mass is 396 g/mol. The number of carbonyl (C=O) groups is 2. The zero-order valence-corrected chi connectivity index (χ0v) is 16.7. The summed E-state index contributed by atoms with van der Waals surface area (Å²) in [6.07, 6.45) is 0.194. The molecule has 0 bridgehead atoms. The van der Waals surface area contributed by atoms with Gasteiger partial charge in [-0.3, -0.25) is 9.59 Å². The smallest absolute Gasteiger partial charge is 0.243 e. The first-order chi connectivity index (χ1) is 12.6. The Morgan fingerprint density at radius 1 is 1.07 bits per heavy atom. The van der Waals surface area contributed by atoms with Crippen LogP contribution in [0.3, 0.4) is 0 Å². The van der Waals surface area contributed by atoms with Gasteiger partial charge in [0.05, 0.1) is 4.90 Å². The molecule has 1 saturated heterocycles. The number of hydrogen-bond donors (Lipinski definition) is 2. The van der Waals surface area contributed by atoms with E-state index >= 15 is 0 Å². The van der Waals surface area contributed by atoms with E-state index in [4.69, 9.17) is 5.73 Å². The third-order valence-corrected chi connectivity index (χ3v) is 6.19. The van der Waals surface area contributed by atoms with E-state index in [1.54, 1.807) is 49.1 Å². The molecule has 1 aromatic rings. The maximum atomic E-state index is 12.6. The third-order valence-electron chi connectivity index (χ3n) is 4.28. The first-order valence-electron chi connectivity index (χ1n) is 8.98. The van der Waals surface area contributed by atoms with Gasteiger partial charge in [0, 0.05) is 51.1 Å². The van der Waals surface area contributed by atoms with Gasteiger partial charge in [-0.05, 0) is 26.0 Å². The van der Waals surface area contributed by atoms with Crippen molar-refractivity contribution in [1.82, 2.24) is 14.5 Å². The number of nitrogens with two attached hydrogens (primary N) is 1. The van der Waals surface area contributed by atoms with Crippen LogP contribution in [0.2, 0.25) is 0 Å². The van der Waals surface area contributed by atoms with E-state index < -0.39 is 15.6 Å². The maximum Gasteiger partial charge on any atom is 0.243 e. The Kier molecular flexibility index (Phi) is 6.96. The van der Waals surface area contributed by atoms with Gasteiger partial charge < -0.3 is 16.0 Å². The maximum absolute atomic E-state index is 12.6. The van der Waals surface area contributed by atoms with E-state index in [1.165, 1.54) is 4.31 Å². The van der Waals surface area contributed by atoms with Crippen LogP contribution in [0.5, 0.6) is 0 Å². The van der Waals surface area contributed by atoms with Gasteiger partial charge in [-0.2, -0.15) is 4.31 Å². The fourth-order valence-corrected chi connectivity index (χ4v) is 4.16. The first kappa shape index (κ1) is 21.3. The minimum atomic E-state index is -3.54. The molecule has 1 aliphatic heterocycles. The van der Waals surface area contributed by atoms with Crippen molar-refractivity contribution >= 4 is 21.8 Å². The second kappa shape index (κ2) is 8.81. The van der Waals surface area contributed by atoms with Crippen LogP contribution in [-0.2, 0) is 19.6 Å². The largest absolute Gasteiger partial charge is 0.354 e. The predicted molar refractivity (Wildman–Crippen MR) is 102 cm³/mol. The van der Waals surface area contributed by atoms with Gasteiger partial charge in [0.15, 0.2) is 0 Å². The molecule has 0 spiro atoms. The van der Waals surface area contributed by atoms with Gasteiger partial charge in [0.25, 0.3) is 0 Å². The average molecular weight is 397 g/mol. The summed E-state index contributed by atoms with van der Waals surface area (Å²) in [5, 5.41) is 2.70. The summed E-state index contributed by atoms with van der Waals surface area (Å²) in [6.45, 7) is 5.09. The molecule has 0 aliphatic carbocycles. The molecule has 1 aliphatic rings. The van der Waals surface area contributed by atoms with Crippen LogP contribution in [0.4, 0.5) is 0 Å². The van der Waals surface area contributed by atoms with E-state index in [2.05, 4.69) is 5.32 Å². The molecule has 0 radical (unpaired) electrons. The SMILES string of the molecule is CC(C)(N)CNC(=O)CCC(=O)N1CCN(S(=O)(=O)c2ccccc2)CC1. The standard InChI is InChI=1S/C18H28N4O4S/c1-18(2,19)14-20-16(23)8-9-17(24)21-10-12-22(13-11-21)27(25,26)15-6-4-3-5-7-15/h3-7H,8-14,19H2,1-2H3,(H,20,23). The van der Waals surface area contributed by atoms with Crippen molar-refractivity contribution < 1.29 is 18.0 Å². The molecule has 0 unspecified atom stereocenters.